The molecule has 0 saturated heterocycles. The molecule has 0 unspecified atom stereocenters. The Hall–Kier alpha value is -1.81. The standard InChI is InChI=1S/C15H18N2O2/c1-17(13-7-4-8-14(13)18)15(19)12-9-10-5-2-3-6-11(10)16-12/h2-3,5-6,9,13-14,16,18H,4,7-8H2,1H3/t13-,14-/m1/s1. The molecule has 2 N–H and O–H groups in total. The van der Waals surface area contributed by atoms with Gasteiger partial charge in [-0.05, 0) is 31.4 Å². The summed E-state index contributed by atoms with van der Waals surface area (Å²) in [7, 11) is 1.77. The second kappa shape index (κ2) is 4.70. The number of hydrogen-bond donors (Lipinski definition) is 2. The van der Waals surface area contributed by atoms with Crippen LogP contribution >= 0.6 is 0 Å². The molecule has 4 heteroatoms. The van der Waals surface area contributed by atoms with E-state index < -0.39 is 6.10 Å². The van der Waals surface area contributed by atoms with Crippen LogP contribution in [0.1, 0.15) is 29.8 Å². The largest absolute Gasteiger partial charge is 0.391 e. The van der Waals surface area contributed by atoms with Crippen LogP contribution in [0.25, 0.3) is 10.9 Å². The van der Waals surface area contributed by atoms with Crippen LogP contribution in [0.4, 0.5) is 0 Å². The Morgan fingerprint density at radius 3 is 2.84 bits per heavy atom. The minimum Gasteiger partial charge on any atom is -0.391 e. The number of H-pyrrole nitrogens is 1. The van der Waals surface area contributed by atoms with Crippen molar-refractivity contribution in [3.63, 3.8) is 0 Å². The molecule has 0 aliphatic heterocycles. The fourth-order valence-corrected chi connectivity index (χ4v) is 2.90. The second-order valence-corrected chi connectivity index (χ2v) is 5.25. The molecule has 1 aromatic heterocycles. The SMILES string of the molecule is CN(C(=O)c1cc2ccccc2[nH]1)[C@@H]1CCC[C@H]1O. The van der Waals surface area contributed by atoms with Gasteiger partial charge < -0.3 is 15.0 Å². The first-order valence-electron chi connectivity index (χ1n) is 6.70. The molecule has 1 aliphatic carbocycles. The number of nitrogens with zero attached hydrogens (tertiary/aromatic N) is 1. The summed E-state index contributed by atoms with van der Waals surface area (Å²) in [5, 5.41) is 10.9. The summed E-state index contributed by atoms with van der Waals surface area (Å²) >= 11 is 0. The molecular formula is C15H18N2O2. The highest BCUT2D eigenvalue weighted by molar-refractivity contribution is 5.98. The number of aliphatic hydroxyl groups excluding tert-OH is 1. The topological polar surface area (TPSA) is 56.3 Å². The lowest BCUT2D eigenvalue weighted by Gasteiger charge is -2.26. The number of para-hydroxylation sites is 1. The van der Waals surface area contributed by atoms with Crippen molar-refractivity contribution >= 4 is 16.8 Å². The quantitative estimate of drug-likeness (QED) is 0.867. The summed E-state index contributed by atoms with van der Waals surface area (Å²) in [5.74, 6) is -0.0536. The van der Waals surface area contributed by atoms with Gasteiger partial charge in [-0.3, -0.25) is 4.79 Å². The van der Waals surface area contributed by atoms with Gasteiger partial charge in [0.1, 0.15) is 5.69 Å². The number of amides is 1. The molecule has 1 amide bonds. The number of aromatic nitrogens is 1. The Bertz CT molecular complexity index is 572. The first-order chi connectivity index (χ1) is 9.16. The van der Waals surface area contributed by atoms with Gasteiger partial charge in [-0.15, -0.1) is 0 Å². The maximum absolute atomic E-state index is 12.4. The Morgan fingerprint density at radius 2 is 2.16 bits per heavy atom. The van der Waals surface area contributed by atoms with Crippen molar-refractivity contribution in [3.8, 4) is 0 Å². The van der Waals surface area contributed by atoms with Crippen LogP contribution < -0.4 is 0 Å². The van der Waals surface area contributed by atoms with E-state index in [1.807, 2.05) is 30.3 Å². The highest BCUT2D eigenvalue weighted by Gasteiger charge is 2.32. The number of fused-ring (bicyclic) bond motifs is 1. The molecule has 0 bridgehead atoms. The number of hydrogen-bond acceptors (Lipinski definition) is 2. The molecular weight excluding hydrogens is 240 g/mol. The third-order valence-corrected chi connectivity index (χ3v) is 4.02. The van der Waals surface area contributed by atoms with E-state index in [4.69, 9.17) is 0 Å². The van der Waals surface area contributed by atoms with Crippen molar-refractivity contribution in [3.05, 3.63) is 36.0 Å². The number of benzene rings is 1. The van der Waals surface area contributed by atoms with Gasteiger partial charge in [0, 0.05) is 18.0 Å². The molecule has 1 aromatic carbocycles. The highest BCUT2D eigenvalue weighted by atomic mass is 16.3. The molecule has 19 heavy (non-hydrogen) atoms. The van der Waals surface area contributed by atoms with Gasteiger partial charge in [-0.1, -0.05) is 18.2 Å². The zero-order chi connectivity index (χ0) is 13.4. The van der Waals surface area contributed by atoms with Gasteiger partial charge in [0.25, 0.3) is 5.91 Å². The van der Waals surface area contributed by atoms with Gasteiger partial charge >= 0.3 is 0 Å². The number of nitrogens with one attached hydrogen (secondary N) is 1. The first kappa shape index (κ1) is 12.2. The fraction of sp³-hybridized carbons (Fsp3) is 0.400. The molecule has 3 rings (SSSR count). The number of aromatic amines is 1. The lowest BCUT2D eigenvalue weighted by molar-refractivity contribution is 0.0534. The molecule has 0 radical (unpaired) electrons. The van der Waals surface area contributed by atoms with Crippen molar-refractivity contribution in [2.45, 2.75) is 31.4 Å². The van der Waals surface area contributed by atoms with Crippen LogP contribution in [-0.4, -0.2) is 40.1 Å². The summed E-state index contributed by atoms with van der Waals surface area (Å²) < 4.78 is 0. The van der Waals surface area contributed by atoms with Crippen molar-refractivity contribution in [2.24, 2.45) is 0 Å². The van der Waals surface area contributed by atoms with E-state index in [-0.39, 0.29) is 11.9 Å². The van der Waals surface area contributed by atoms with E-state index in [0.29, 0.717) is 5.69 Å². The average Bonchev–Trinajstić information content (AvgIpc) is 3.02. The Balaban J connectivity index is 1.86. The molecule has 2 atom stereocenters. The van der Waals surface area contributed by atoms with Gasteiger partial charge in [0.15, 0.2) is 0 Å². The fourth-order valence-electron chi connectivity index (χ4n) is 2.90. The molecule has 1 heterocycles. The minimum atomic E-state index is -0.390. The van der Waals surface area contributed by atoms with Crippen LogP contribution in [0.15, 0.2) is 30.3 Å². The van der Waals surface area contributed by atoms with Gasteiger partial charge in [0.2, 0.25) is 0 Å². The van der Waals surface area contributed by atoms with Crippen molar-refractivity contribution in [1.82, 2.24) is 9.88 Å². The number of aliphatic hydroxyl groups is 1. The zero-order valence-electron chi connectivity index (χ0n) is 11.0. The summed E-state index contributed by atoms with van der Waals surface area (Å²) in [6, 6.07) is 9.64. The van der Waals surface area contributed by atoms with Crippen LogP contribution in [0, 0.1) is 0 Å². The summed E-state index contributed by atoms with van der Waals surface area (Å²) in [6.45, 7) is 0. The van der Waals surface area contributed by atoms with Crippen LogP contribution in [0.2, 0.25) is 0 Å². The predicted molar refractivity (Wildman–Crippen MR) is 74.0 cm³/mol. The monoisotopic (exact) mass is 258 g/mol. The third-order valence-electron chi connectivity index (χ3n) is 4.02. The molecule has 4 nitrogen and oxygen atoms in total. The lowest BCUT2D eigenvalue weighted by Crippen LogP contribution is -2.41. The van der Waals surface area contributed by atoms with Crippen molar-refractivity contribution < 1.29 is 9.90 Å². The molecule has 100 valence electrons. The molecule has 1 fully saturated rings. The normalized spacial score (nSPS) is 22.8. The summed E-state index contributed by atoms with van der Waals surface area (Å²) in [4.78, 5) is 17.2. The zero-order valence-corrected chi connectivity index (χ0v) is 11.0. The number of likely N-dealkylation sites (N-methyl/N-ethyl adjacent to an activating group) is 1. The Morgan fingerprint density at radius 1 is 1.37 bits per heavy atom. The number of rotatable bonds is 2. The van der Waals surface area contributed by atoms with Crippen LogP contribution in [-0.2, 0) is 0 Å². The van der Waals surface area contributed by atoms with E-state index in [2.05, 4.69) is 4.98 Å². The Labute approximate surface area is 112 Å². The molecule has 2 aromatic rings. The van der Waals surface area contributed by atoms with Crippen molar-refractivity contribution in [2.75, 3.05) is 7.05 Å². The molecule has 0 spiro atoms. The lowest BCUT2D eigenvalue weighted by atomic mass is 10.2. The van der Waals surface area contributed by atoms with E-state index in [1.165, 1.54) is 0 Å². The second-order valence-electron chi connectivity index (χ2n) is 5.25. The first-order valence-corrected chi connectivity index (χ1v) is 6.70. The third kappa shape index (κ3) is 2.12. The van der Waals surface area contributed by atoms with E-state index >= 15 is 0 Å². The van der Waals surface area contributed by atoms with E-state index in [1.54, 1.807) is 11.9 Å². The van der Waals surface area contributed by atoms with Crippen LogP contribution in [0.5, 0.6) is 0 Å². The summed E-state index contributed by atoms with van der Waals surface area (Å²) in [5.41, 5.74) is 1.55. The summed E-state index contributed by atoms with van der Waals surface area (Å²) in [6.07, 6.45) is 2.26. The average molecular weight is 258 g/mol. The van der Waals surface area contributed by atoms with Gasteiger partial charge in [0.05, 0.1) is 12.1 Å². The predicted octanol–water partition coefficient (Wildman–Crippen LogP) is 2.15. The minimum absolute atomic E-state index is 0.0536. The van der Waals surface area contributed by atoms with Crippen molar-refractivity contribution in [1.29, 1.82) is 0 Å². The van der Waals surface area contributed by atoms with Gasteiger partial charge in [-0.2, -0.15) is 0 Å². The maximum Gasteiger partial charge on any atom is 0.270 e. The van der Waals surface area contributed by atoms with Gasteiger partial charge in [-0.25, -0.2) is 0 Å². The highest BCUT2D eigenvalue weighted by Crippen LogP contribution is 2.25. The smallest absolute Gasteiger partial charge is 0.270 e. The van der Waals surface area contributed by atoms with E-state index in [9.17, 15) is 9.90 Å². The van der Waals surface area contributed by atoms with E-state index in [0.717, 1.165) is 30.2 Å². The maximum atomic E-state index is 12.4. The number of carbonyl (C=O) groups is 1. The number of carbonyl (C=O) groups excluding carboxylic acids is 1. The molecule has 1 aliphatic rings. The van der Waals surface area contributed by atoms with Crippen LogP contribution in [0.3, 0.4) is 0 Å². The Kier molecular flexibility index (Phi) is 3.03. The molecule has 1 saturated carbocycles.